The minimum absolute atomic E-state index is 0.00841. The molecule has 0 aliphatic carbocycles. The van der Waals surface area contributed by atoms with Crippen molar-refractivity contribution < 1.29 is 17.9 Å². The number of anilines is 1. The van der Waals surface area contributed by atoms with Crippen LogP contribution in [0.4, 0.5) is 19.0 Å². The summed E-state index contributed by atoms with van der Waals surface area (Å²) in [5.41, 5.74) is 6.20. The van der Waals surface area contributed by atoms with Crippen LogP contribution in [0.25, 0.3) is 17.0 Å². The number of aromatic nitrogens is 4. The monoisotopic (exact) mass is 365 g/mol. The summed E-state index contributed by atoms with van der Waals surface area (Å²) in [6.07, 6.45) is -3.51. The van der Waals surface area contributed by atoms with Crippen molar-refractivity contribution in [1.29, 1.82) is 0 Å². The number of methoxy groups -OCH3 is 1. The Morgan fingerprint density at radius 3 is 2.38 bits per heavy atom. The largest absolute Gasteiger partial charge is 0.495 e. The molecule has 9 heteroatoms. The molecule has 0 aliphatic heterocycles. The molecule has 0 unspecified atom stereocenters. The van der Waals surface area contributed by atoms with Crippen LogP contribution in [0, 0.1) is 0 Å². The van der Waals surface area contributed by atoms with Gasteiger partial charge in [-0.25, -0.2) is 15.0 Å². The lowest BCUT2D eigenvalue weighted by Crippen LogP contribution is -2.16. The lowest BCUT2D eigenvalue weighted by atomic mass is 9.87. The second kappa shape index (κ2) is 5.86. The maximum Gasteiger partial charge on any atom is 0.450 e. The topological polar surface area (TPSA) is 78.8 Å². The van der Waals surface area contributed by atoms with Crippen molar-refractivity contribution >= 4 is 17.1 Å². The zero-order chi connectivity index (χ0) is 19.3. The minimum atomic E-state index is -4.70. The lowest BCUT2D eigenvalue weighted by Gasteiger charge is -2.21. The number of nitrogens with zero attached hydrogens (tertiary/aromatic N) is 4. The molecular weight excluding hydrogens is 347 g/mol. The molecule has 138 valence electrons. The second-order valence-electron chi connectivity index (χ2n) is 6.85. The van der Waals surface area contributed by atoms with E-state index in [0.29, 0.717) is 0 Å². The zero-order valence-electron chi connectivity index (χ0n) is 14.7. The fourth-order valence-corrected chi connectivity index (χ4v) is 2.62. The molecule has 0 fully saturated rings. The Morgan fingerprint density at radius 1 is 1.12 bits per heavy atom. The summed E-state index contributed by atoms with van der Waals surface area (Å²) >= 11 is 0. The first-order valence-corrected chi connectivity index (χ1v) is 7.79. The highest BCUT2D eigenvalue weighted by atomic mass is 19.4. The van der Waals surface area contributed by atoms with Gasteiger partial charge in [0.2, 0.25) is 5.82 Å². The van der Waals surface area contributed by atoms with Crippen LogP contribution in [0.5, 0.6) is 5.75 Å². The third kappa shape index (κ3) is 3.04. The van der Waals surface area contributed by atoms with Crippen LogP contribution >= 0.6 is 0 Å². The Kier molecular flexibility index (Phi) is 4.05. The first-order chi connectivity index (χ1) is 12.0. The Morgan fingerprint density at radius 2 is 1.81 bits per heavy atom. The summed E-state index contributed by atoms with van der Waals surface area (Å²) in [5.74, 6) is -0.869. The predicted molar refractivity (Wildman–Crippen MR) is 91.3 cm³/mol. The van der Waals surface area contributed by atoms with Crippen molar-refractivity contribution in [1.82, 2.24) is 19.5 Å². The van der Waals surface area contributed by atoms with Crippen LogP contribution in [0.1, 0.15) is 32.2 Å². The van der Waals surface area contributed by atoms with Gasteiger partial charge >= 0.3 is 6.18 Å². The van der Waals surface area contributed by atoms with E-state index >= 15 is 0 Å². The Balaban J connectivity index is 2.34. The van der Waals surface area contributed by atoms with E-state index in [2.05, 4.69) is 15.0 Å². The van der Waals surface area contributed by atoms with Crippen molar-refractivity contribution in [2.45, 2.75) is 32.4 Å². The average molecular weight is 365 g/mol. The summed E-state index contributed by atoms with van der Waals surface area (Å²) in [6.45, 7) is 6.01. The number of hydrogen-bond acceptors (Lipinski definition) is 5. The third-order valence-electron chi connectivity index (χ3n) is 3.93. The van der Waals surface area contributed by atoms with Gasteiger partial charge in [0.15, 0.2) is 11.3 Å². The standard InChI is InChI=1S/C17H18F3N5O/c1-16(2,3)9-5-6-10(11(7-9)26-4)25-14-13(23-12(21)8-22-14)24-15(25)17(18,19)20/h5-8H,1-4H3,(H2,21,23). The van der Waals surface area contributed by atoms with E-state index in [-0.39, 0.29) is 34.0 Å². The molecule has 2 heterocycles. The summed E-state index contributed by atoms with van der Waals surface area (Å²) in [6, 6.07) is 5.04. The van der Waals surface area contributed by atoms with Gasteiger partial charge in [-0.05, 0) is 23.1 Å². The number of nitrogens with two attached hydrogens (primary N) is 1. The molecule has 0 amide bonds. The molecule has 2 aromatic heterocycles. The number of alkyl halides is 3. The first kappa shape index (κ1) is 18.0. The molecule has 0 spiro atoms. The normalized spacial score (nSPS) is 12.6. The van der Waals surface area contributed by atoms with Crippen molar-refractivity contribution in [2.24, 2.45) is 0 Å². The molecule has 2 N–H and O–H groups in total. The summed E-state index contributed by atoms with van der Waals surface area (Å²) in [5, 5.41) is 0. The lowest BCUT2D eigenvalue weighted by molar-refractivity contribution is -0.145. The average Bonchev–Trinajstić information content (AvgIpc) is 2.91. The number of ether oxygens (including phenoxy) is 1. The molecule has 1 aromatic carbocycles. The predicted octanol–water partition coefficient (Wildman–Crippen LogP) is 3.72. The van der Waals surface area contributed by atoms with Crippen molar-refractivity contribution in [3.63, 3.8) is 0 Å². The number of imidazole rings is 1. The zero-order valence-corrected chi connectivity index (χ0v) is 14.7. The van der Waals surface area contributed by atoms with Gasteiger partial charge in [-0.3, -0.25) is 4.57 Å². The Bertz CT molecular complexity index is 973. The van der Waals surface area contributed by atoms with E-state index in [1.807, 2.05) is 20.8 Å². The smallest absolute Gasteiger partial charge is 0.450 e. The van der Waals surface area contributed by atoms with Crippen molar-refractivity contribution in [2.75, 3.05) is 12.8 Å². The molecule has 0 radical (unpaired) electrons. The summed E-state index contributed by atoms with van der Waals surface area (Å²) in [4.78, 5) is 11.4. The van der Waals surface area contributed by atoms with E-state index < -0.39 is 12.0 Å². The summed E-state index contributed by atoms with van der Waals surface area (Å²) < 4.78 is 47.0. The molecule has 0 aliphatic rings. The van der Waals surface area contributed by atoms with Crippen molar-refractivity contribution in [3.05, 3.63) is 35.8 Å². The van der Waals surface area contributed by atoms with Gasteiger partial charge in [-0.15, -0.1) is 0 Å². The van der Waals surface area contributed by atoms with Crippen LogP contribution in [-0.2, 0) is 11.6 Å². The molecule has 3 aromatic rings. The van der Waals surface area contributed by atoms with Crippen LogP contribution in [0.2, 0.25) is 0 Å². The molecule has 0 atom stereocenters. The highest BCUT2D eigenvalue weighted by Crippen LogP contribution is 2.37. The molecule has 6 nitrogen and oxygen atoms in total. The van der Waals surface area contributed by atoms with E-state index in [4.69, 9.17) is 10.5 Å². The molecule has 3 rings (SSSR count). The van der Waals surface area contributed by atoms with Crippen LogP contribution < -0.4 is 10.5 Å². The van der Waals surface area contributed by atoms with Crippen LogP contribution in [0.3, 0.4) is 0 Å². The van der Waals surface area contributed by atoms with Gasteiger partial charge in [0, 0.05) is 0 Å². The highest BCUT2D eigenvalue weighted by Gasteiger charge is 2.39. The SMILES string of the molecule is COc1cc(C(C)(C)C)ccc1-n1c(C(F)(F)F)nc2nc(N)cnc21. The molecule has 0 bridgehead atoms. The number of rotatable bonds is 2. The first-order valence-electron chi connectivity index (χ1n) is 7.79. The van der Waals surface area contributed by atoms with E-state index in [9.17, 15) is 13.2 Å². The van der Waals surface area contributed by atoms with Crippen LogP contribution in [-0.4, -0.2) is 26.6 Å². The number of benzene rings is 1. The molecule has 0 saturated carbocycles. The van der Waals surface area contributed by atoms with Gasteiger partial charge in [0.1, 0.15) is 11.6 Å². The maximum absolute atomic E-state index is 13.6. The number of hydrogen-bond donors (Lipinski definition) is 1. The Hall–Kier alpha value is -2.84. The number of halogens is 3. The second-order valence-corrected chi connectivity index (χ2v) is 6.85. The molecular formula is C17H18F3N5O. The molecule has 0 saturated heterocycles. The van der Waals surface area contributed by atoms with E-state index in [1.165, 1.54) is 13.3 Å². The molecule has 26 heavy (non-hydrogen) atoms. The van der Waals surface area contributed by atoms with Gasteiger partial charge in [-0.1, -0.05) is 26.8 Å². The third-order valence-corrected chi connectivity index (χ3v) is 3.93. The van der Waals surface area contributed by atoms with Gasteiger partial charge < -0.3 is 10.5 Å². The quantitative estimate of drug-likeness (QED) is 0.749. The maximum atomic E-state index is 13.6. The van der Waals surface area contributed by atoms with E-state index in [1.54, 1.807) is 18.2 Å². The number of nitrogen functional groups attached to an aromatic ring is 1. The fraction of sp³-hybridized carbons (Fsp3) is 0.353. The van der Waals surface area contributed by atoms with E-state index in [0.717, 1.165) is 10.1 Å². The number of fused-ring (bicyclic) bond motifs is 1. The van der Waals surface area contributed by atoms with Crippen LogP contribution in [0.15, 0.2) is 24.4 Å². The summed E-state index contributed by atoms with van der Waals surface area (Å²) in [7, 11) is 1.40. The van der Waals surface area contributed by atoms with Crippen molar-refractivity contribution in [3.8, 4) is 11.4 Å². The fourth-order valence-electron chi connectivity index (χ4n) is 2.62. The van der Waals surface area contributed by atoms with Gasteiger partial charge in [0.25, 0.3) is 0 Å². The van der Waals surface area contributed by atoms with Gasteiger partial charge in [-0.2, -0.15) is 13.2 Å². The highest BCUT2D eigenvalue weighted by molar-refractivity contribution is 5.73. The Labute approximate surface area is 147 Å². The minimum Gasteiger partial charge on any atom is -0.495 e. The van der Waals surface area contributed by atoms with Gasteiger partial charge in [0.05, 0.1) is 19.0 Å².